The van der Waals surface area contributed by atoms with Gasteiger partial charge in [-0.25, -0.2) is 4.98 Å². The number of nitrogens with one attached hydrogen (secondary N) is 1. The molecular formula is C25H31N3O4. The SMILES string of the molecule is COc1cccc(CCC(=O)N2CCC(Oc3ccc(NC(=O)C4CCC4)cn3)CC2)c1. The van der Waals surface area contributed by atoms with Gasteiger partial charge in [-0.1, -0.05) is 18.6 Å². The number of pyridine rings is 1. The van der Waals surface area contributed by atoms with Gasteiger partial charge in [-0.15, -0.1) is 0 Å². The Morgan fingerprint density at radius 2 is 1.94 bits per heavy atom. The number of likely N-dealkylation sites (tertiary alicyclic amines) is 1. The number of aromatic nitrogens is 1. The first-order valence-corrected chi connectivity index (χ1v) is 11.4. The minimum atomic E-state index is 0.0420. The summed E-state index contributed by atoms with van der Waals surface area (Å²) in [5.41, 5.74) is 1.81. The lowest BCUT2D eigenvalue weighted by Crippen LogP contribution is -2.41. The molecule has 7 nitrogen and oxygen atoms in total. The number of nitrogens with zero attached hydrogens (tertiary/aromatic N) is 2. The van der Waals surface area contributed by atoms with Crippen molar-refractivity contribution in [2.24, 2.45) is 5.92 Å². The fraction of sp³-hybridized carbons (Fsp3) is 0.480. The van der Waals surface area contributed by atoms with Gasteiger partial charge in [-0.05, 0) is 43.0 Å². The molecule has 1 aliphatic carbocycles. The van der Waals surface area contributed by atoms with Gasteiger partial charge >= 0.3 is 0 Å². The van der Waals surface area contributed by atoms with Crippen molar-refractivity contribution in [2.75, 3.05) is 25.5 Å². The summed E-state index contributed by atoms with van der Waals surface area (Å²) in [4.78, 5) is 30.9. The molecule has 0 unspecified atom stereocenters. The Morgan fingerprint density at radius 3 is 2.59 bits per heavy atom. The van der Waals surface area contributed by atoms with Gasteiger partial charge in [0.1, 0.15) is 11.9 Å². The molecule has 2 amide bonds. The Balaban J connectivity index is 1.18. The van der Waals surface area contributed by atoms with Crippen molar-refractivity contribution >= 4 is 17.5 Å². The first-order valence-electron chi connectivity index (χ1n) is 11.4. The van der Waals surface area contributed by atoms with Crippen LogP contribution in [-0.2, 0) is 16.0 Å². The molecule has 7 heteroatoms. The van der Waals surface area contributed by atoms with Crippen LogP contribution >= 0.6 is 0 Å². The van der Waals surface area contributed by atoms with E-state index in [9.17, 15) is 9.59 Å². The zero-order valence-corrected chi connectivity index (χ0v) is 18.6. The Kier molecular flexibility index (Phi) is 7.24. The van der Waals surface area contributed by atoms with Gasteiger partial charge in [0.2, 0.25) is 17.7 Å². The van der Waals surface area contributed by atoms with Gasteiger partial charge in [0.05, 0.1) is 19.0 Å². The molecule has 1 aromatic carbocycles. The van der Waals surface area contributed by atoms with Crippen LogP contribution < -0.4 is 14.8 Å². The topological polar surface area (TPSA) is 80.8 Å². The van der Waals surface area contributed by atoms with E-state index in [4.69, 9.17) is 9.47 Å². The molecule has 1 N–H and O–H groups in total. The first-order chi connectivity index (χ1) is 15.6. The number of piperidine rings is 1. The summed E-state index contributed by atoms with van der Waals surface area (Å²) in [5, 5.41) is 2.91. The quantitative estimate of drug-likeness (QED) is 0.679. The lowest BCUT2D eigenvalue weighted by atomic mass is 9.85. The first kappa shape index (κ1) is 22.1. The van der Waals surface area contributed by atoms with E-state index < -0.39 is 0 Å². The maximum absolute atomic E-state index is 12.6. The molecule has 0 radical (unpaired) electrons. The third-order valence-corrected chi connectivity index (χ3v) is 6.32. The number of carbonyl (C=O) groups excluding carboxylic acids is 2. The zero-order chi connectivity index (χ0) is 22.3. The average molecular weight is 438 g/mol. The van der Waals surface area contributed by atoms with Crippen LogP contribution in [0.3, 0.4) is 0 Å². The number of hydrogen-bond acceptors (Lipinski definition) is 5. The van der Waals surface area contributed by atoms with E-state index in [1.54, 1.807) is 19.4 Å². The number of amides is 2. The molecule has 1 saturated carbocycles. The predicted octanol–water partition coefficient (Wildman–Crippen LogP) is 3.83. The Bertz CT molecular complexity index is 919. The van der Waals surface area contributed by atoms with Crippen molar-refractivity contribution in [3.8, 4) is 11.6 Å². The van der Waals surface area contributed by atoms with Gasteiger partial charge < -0.3 is 19.7 Å². The largest absolute Gasteiger partial charge is 0.497 e. The number of hydrogen-bond donors (Lipinski definition) is 1. The molecule has 32 heavy (non-hydrogen) atoms. The van der Waals surface area contributed by atoms with E-state index in [-0.39, 0.29) is 23.8 Å². The van der Waals surface area contributed by atoms with Crippen molar-refractivity contribution in [1.29, 1.82) is 0 Å². The maximum Gasteiger partial charge on any atom is 0.227 e. The molecular weight excluding hydrogens is 406 g/mol. The number of rotatable bonds is 8. The van der Waals surface area contributed by atoms with Crippen LogP contribution in [0.15, 0.2) is 42.6 Å². The number of carbonyl (C=O) groups is 2. The number of anilines is 1. The fourth-order valence-corrected chi connectivity index (χ4v) is 4.07. The second-order valence-electron chi connectivity index (χ2n) is 8.55. The normalized spacial score (nSPS) is 16.8. The third kappa shape index (κ3) is 5.78. The molecule has 0 spiro atoms. The monoisotopic (exact) mass is 437 g/mol. The van der Waals surface area contributed by atoms with Crippen LogP contribution in [0, 0.1) is 5.92 Å². The summed E-state index contributed by atoms with van der Waals surface area (Å²) in [5.74, 6) is 1.77. The second-order valence-corrected chi connectivity index (χ2v) is 8.55. The van der Waals surface area contributed by atoms with Crippen LogP contribution in [0.2, 0.25) is 0 Å². The highest BCUT2D eigenvalue weighted by Crippen LogP contribution is 2.28. The van der Waals surface area contributed by atoms with Crippen molar-refractivity contribution < 1.29 is 19.1 Å². The third-order valence-electron chi connectivity index (χ3n) is 6.32. The lowest BCUT2D eigenvalue weighted by molar-refractivity contribution is -0.133. The summed E-state index contributed by atoms with van der Waals surface area (Å²) in [6.45, 7) is 1.38. The highest BCUT2D eigenvalue weighted by atomic mass is 16.5. The summed E-state index contributed by atoms with van der Waals surface area (Å²) >= 11 is 0. The Hall–Kier alpha value is -3.09. The highest BCUT2D eigenvalue weighted by molar-refractivity contribution is 5.92. The summed E-state index contributed by atoms with van der Waals surface area (Å²) in [6.07, 6.45) is 7.54. The van der Waals surface area contributed by atoms with E-state index in [0.717, 1.165) is 43.4 Å². The van der Waals surface area contributed by atoms with E-state index in [2.05, 4.69) is 10.3 Å². The second kappa shape index (κ2) is 10.5. The van der Waals surface area contributed by atoms with Gasteiger partial charge in [-0.3, -0.25) is 9.59 Å². The van der Waals surface area contributed by atoms with Crippen molar-refractivity contribution in [3.05, 3.63) is 48.2 Å². The number of methoxy groups -OCH3 is 1. The highest BCUT2D eigenvalue weighted by Gasteiger charge is 2.26. The summed E-state index contributed by atoms with van der Waals surface area (Å²) in [6, 6.07) is 11.5. The van der Waals surface area contributed by atoms with E-state index in [1.165, 1.54) is 0 Å². The zero-order valence-electron chi connectivity index (χ0n) is 18.6. The molecule has 2 aromatic rings. The Labute approximate surface area is 189 Å². The van der Waals surface area contributed by atoms with Crippen molar-refractivity contribution in [1.82, 2.24) is 9.88 Å². The number of benzene rings is 1. The maximum atomic E-state index is 12.6. The van der Waals surface area contributed by atoms with E-state index >= 15 is 0 Å². The van der Waals surface area contributed by atoms with Crippen LogP contribution in [0.25, 0.3) is 0 Å². The van der Waals surface area contributed by atoms with Gasteiger partial charge in [0, 0.05) is 44.3 Å². The molecule has 4 rings (SSSR count). The Morgan fingerprint density at radius 1 is 1.12 bits per heavy atom. The molecule has 2 aliphatic rings. The van der Waals surface area contributed by atoms with Gasteiger partial charge in [0.25, 0.3) is 0 Å². The number of aryl methyl sites for hydroxylation is 1. The molecule has 2 heterocycles. The minimum absolute atomic E-state index is 0.0420. The fourth-order valence-electron chi connectivity index (χ4n) is 4.07. The van der Waals surface area contributed by atoms with Crippen LogP contribution in [0.5, 0.6) is 11.6 Å². The van der Waals surface area contributed by atoms with Gasteiger partial charge in [-0.2, -0.15) is 0 Å². The summed E-state index contributed by atoms with van der Waals surface area (Å²) in [7, 11) is 1.65. The smallest absolute Gasteiger partial charge is 0.227 e. The lowest BCUT2D eigenvalue weighted by Gasteiger charge is -2.32. The standard InChI is InChI=1S/C25H31N3O4/c1-31-22-7-2-4-18(16-22)8-11-24(29)28-14-12-21(13-15-28)32-23-10-9-20(17-26-23)27-25(30)19-5-3-6-19/h2,4,7,9-10,16-17,19,21H,3,5-6,8,11-15H2,1H3,(H,27,30). The predicted molar refractivity (Wildman–Crippen MR) is 122 cm³/mol. The average Bonchev–Trinajstić information content (AvgIpc) is 2.78. The molecule has 2 fully saturated rings. The van der Waals surface area contributed by atoms with E-state index in [1.807, 2.05) is 35.2 Å². The molecule has 1 aromatic heterocycles. The van der Waals surface area contributed by atoms with Gasteiger partial charge in [0.15, 0.2) is 0 Å². The van der Waals surface area contributed by atoms with Crippen LogP contribution in [-0.4, -0.2) is 48.0 Å². The van der Waals surface area contributed by atoms with Crippen LogP contribution in [0.1, 0.15) is 44.1 Å². The minimum Gasteiger partial charge on any atom is -0.497 e. The molecule has 0 bridgehead atoms. The molecule has 170 valence electrons. The number of ether oxygens (including phenoxy) is 2. The summed E-state index contributed by atoms with van der Waals surface area (Å²) < 4.78 is 11.2. The van der Waals surface area contributed by atoms with Crippen LogP contribution in [0.4, 0.5) is 5.69 Å². The molecule has 0 atom stereocenters. The molecule has 1 aliphatic heterocycles. The molecule has 1 saturated heterocycles. The van der Waals surface area contributed by atoms with E-state index in [0.29, 0.717) is 37.5 Å². The van der Waals surface area contributed by atoms with Crippen molar-refractivity contribution in [3.63, 3.8) is 0 Å². The van der Waals surface area contributed by atoms with Crippen molar-refractivity contribution in [2.45, 2.75) is 51.0 Å².